The number of nitrogens with one attached hydrogen (secondary N) is 1. The Morgan fingerprint density at radius 3 is 2.66 bits per heavy atom. The zero-order chi connectivity index (χ0) is 21.2. The van der Waals surface area contributed by atoms with Crippen LogP contribution >= 0.6 is 34.5 Å². The molecule has 1 amide bonds. The first-order valence-electron chi connectivity index (χ1n) is 8.40. The van der Waals surface area contributed by atoms with Crippen LogP contribution in [0.25, 0.3) is 11.3 Å². The zero-order valence-electron chi connectivity index (χ0n) is 15.5. The summed E-state index contributed by atoms with van der Waals surface area (Å²) in [5.41, 5.74) is 2.22. The number of aromatic nitrogens is 1. The van der Waals surface area contributed by atoms with Gasteiger partial charge in [0.05, 0.1) is 22.3 Å². The summed E-state index contributed by atoms with van der Waals surface area (Å²) in [6, 6.07) is 11.3. The molecule has 6 nitrogen and oxygen atoms in total. The summed E-state index contributed by atoms with van der Waals surface area (Å²) in [6.45, 7) is 1.54. The predicted octanol–water partition coefficient (Wildman–Crippen LogP) is 4.68. The maximum absolute atomic E-state index is 12.7. The van der Waals surface area contributed by atoms with Crippen molar-refractivity contribution in [3.05, 3.63) is 62.9 Å². The number of nitrogens with zero attached hydrogens (tertiary/aromatic N) is 2. The number of likely N-dealkylation sites (N-methyl/N-ethyl adjacent to an activating group) is 1. The molecular weight excluding hydrogens is 453 g/mol. The van der Waals surface area contributed by atoms with Gasteiger partial charge in [0.1, 0.15) is 4.90 Å². The monoisotopic (exact) mass is 469 g/mol. The van der Waals surface area contributed by atoms with Gasteiger partial charge in [-0.2, -0.15) is 4.31 Å². The second-order valence-electron chi connectivity index (χ2n) is 6.22. The van der Waals surface area contributed by atoms with Gasteiger partial charge < -0.3 is 5.32 Å². The van der Waals surface area contributed by atoms with Gasteiger partial charge in [-0.3, -0.25) is 4.79 Å². The van der Waals surface area contributed by atoms with E-state index in [1.165, 1.54) is 36.6 Å². The molecule has 3 aromatic rings. The summed E-state index contributed by atoms with van der Waals surface area (Å²) < 4.78 is 26.4. The van der Waals surface area contributed by atoms with Crippen LogP contribution in [0, 0.1) is 6.92 Å². The smallest absolute Gasteiger partial charge is 0.244 e. The number of aryl methyl sites for hydroxylation is 1. The van der Waals surface area contributed by atoms with E-state index in [-0.39, 0.29) is 21.5 Å². The lowest BCUT2D eigenvalue weighted by atomic mass is 10.1. The normalized spacial score (nSPS) is 11.6. The third-order valence-electron chi connectivity index (χ3n) is 4.01. The molecule has 0 radical (unpaired) electrons. The molecule has 0 aliphatic heterocycles. The third-order valence-corrected chi connectivity index (χ3v) is 7.30. The first kappa shape index (κ1) is 21.7. The molecule has 10 heteroatoms. The molecule has 1 N–H and O–H groups in total. The molecule has 0 aliphatic carbocycles. The molecular formula is C19H17Cl2N3O3S2. The number of hydrogen-bond donors (Lipinski definition) is 1. The van der Waals surface area contributed by atoms with Crippen molar-refractivity contribution in [3.8, 4) is 11.3 Å². The van der Waals surface area contributed by atoms with Crippen LogP contribution in [0.2, 0.25) is 10.0 Å². The van der Waals surface area contributed by atoms with Gasteiger partial charge in [-0.1, -0.05) is 35.3 Å². The van der Waals surface area contributed by atoms with Crippen LogP contribution < -0.4 is 5.32 Å². The summed E-state index contributed by atoms with van der Waals surface area (Å²) in [6.07, 6.45) is 0. The number of halogens is 2. The van der Waals surface area contributed by atoms with Crippen molar-refractivity contribution in [2.45, 2.75) is 11.8 Å². The van der Waals surface area contributed by atoms with E-state index in [9.17, 15) is 13.2 Å². The fourth-order valence-electron chi connectivity index (χ4n) is 2.58. The fraction of sp³-hybridized carbons (Fsp3) is 0.158. The second-order valence-corrected chi connectivity index (χ2v) is 10.1. The predicted molar refractivity (Wildman–Crippen MR) is 117 cm³/mol. The van der Waals surface area contributed by atoms with Crippen LogP contribution in [-0.2, 0) is 14.8 Å². The summed E-state index contributed by atoms with van der Waals surface area (Å²) in [4.78, 5) is 16.7. The van der Waals surface area contributed by atoms with E-state index >= 15 is 0 Å². The molecule has 0 spiro atoms. The first-order chi connectivity index (χ1) is 13.7. The van der Waals surface area contributed by atoms with Crippen LogP contribution in [0.15, 0.2) is 52.7 Å². The highest BCUT2D eigenvalue weighted by atomic mass is 35.5. The lowest BCUT2D eigenvalue weighted by molar-refractivity contribution is -0.116. The summed E-state index contributed by atoms with van der Waals surface area (Å²) in [5, 5.41) is 5.86. The lowest BCUT2D eigenvalue weighted by Crippen LogP contribution is -2.35. The minimum absolute atomic E-state index is 0.0351. The van der Waals surface area contributed by atoms with Gasteiger partial charge in [-0.25, -0.2) is 13.4 Å². The molecule has 0 aliphatic rings. The van der Waals surface area contributed by atoms with Crippen molar-refractivity contribution in [2.75, 3.05) is 18.9 Å². The van der Waals surface area contributed by atoms with Crippen LogP contribution in [0.1, 0.15) is 5.01 Å². The molecule has 1 aromatic heterocycles. The molecule has 0 saturated carbocycles. The largest absolute Gasteiger partial charge is 0.325 e. The highest BCUT2D eigenvalue weighted by molar-refractivity contribution is 7.89. The molecule has 29 heavy (non-hydrogen) atoms. The van der Waals surface area contributed by atoms with E-state index < -0.39 is 15.9 Å². The standard InChI is InChI=1S/C19H17Cl2N3O3S2/c1-12-22-17(11-28-12)13-4-3-5-15(8-13)23-19(25)10-24(2)29(26,27)18-9-14(20)6-7-16(18)21/h3-9,11H,10H2,1-2H3,(H,23,25). The Bertz CT molecular complexity index is 1160. The highest BCUT2D eigenvalue weighted by Crippen LogP contribution is 2.27. The lowest BCUT2D eigenvalue weighted by Gasteiger charge is -2.18. The molecule has 0 bridgehead atoms. The minimum atomic E-state index is -3.98. The Balaban J connectivity index is 1.73. The summed E-state index contributed by atoms with van der Waals surface area (Å²) >= 11 is 13.4. The van der Waals surface area contributed by atoms with Crippen molar-refractivity contribution in [3.63, 3.8) is 0 Å². The number of sulfonamides is 1. The summed E-state index contributed by atoms with van der Waals surface area (Å²) in [5.74, 6) is -0.485. The second kappa shape index (κ2) is 8.81. The number of benzene rings is 2. The maximum Gasteiger partial charge on any atom is 0.244 e. The van der Waals surface area contributed by atoms with Gasteiger partial charge in [0.15, 0.2) is 0 Å². The highest BCUT2D eigenvalue weighted by Gasteiger charge is 2.25. The van der Waals surface area contributed by atoms with Crippen LogP contribution in [0.3, 0.4) is 0 Å². The molecule has 0 fully saturated rings. The van der Waals surface area contributed by atoms with E-state index in [1.807, 2.05) is 18.4 Å². The van der Waals surface area contributed by atoms with E-state index in [0.717, 1.165) is 20.6 Å². The Morgan fingerprint density at radius 2 is 1.97 bits per heavy atom. The van der Waals surface area contributed by atoms with Crippen molar-refractivity contribution in [1.29, 1.82) is 0 Å². The van der Waals surface area contributed by atoms with Gasteiger partial charge in [0.2, 0.25) is 15.9 Å². The van der Waals surface area contributed by atoms with Crippen LogP contribution in [0.4, 0.5) is 5.69 Å². The summed E-state index contributed by atoms with van der Waals surface area (Å²) in [7, 11) is -2.67. The van der Waals surface area contributed by atoms with Crippen molar-refractivity contribution < 1.29 is 13.2 Å². The third kappa shape index (κ3) is 5.15. The number of thiazole rings is 1. The fourth-order valence-corrected chi connectivity index (χ4v) is 5.07. The average molecular weight is 470 g/mol. The molecule has 0 unspecified atom stereocenters. The van der Waals surface area contributed by atoms with Gasteiger partial charge in [-0.15, -0.1) is 11.3 Å². The average Bonchev–Trinajstić information content (AvgIpc) is 3.10. The number of carbonyl (C=O) groups excluding carboxylic acids is 1. The maximum atomic E-state index is 12.7. The van der Waals surface area contributed by atoms with Crippen molar-refractivity contribution in [1.82, 2.24) is 9.29 Å². The number of carbonyl (C=O) groups is 1. The van der Waals surface area contributed by atoms with E-state index in [2.05, 4.69) is 10.3 Å². The van der Waals surface area contributed by atoms with Crippen molar-refractivity contribution >= 4 is 56.2 Å². The van der Waals surface area contributed by atoms with E-state index in [4.69, 9.17) is 23.2 Å². The molecule has 1 heterocycles. The minimum Gasteiger partial charge on any atom is -0.325 e. The SMILES string of the molecule is Cc1nc(-c2cccc(NC(=O)CN(C)S(=O)(=O)c3cc(Cl)ccc3Cl)c2)cs1. The number of amides is 1. The number of anilines is 1. The van der Waals surface area contributed by atoms with Gasteiger partial charge in [0.25, 0.3) is 0 Å². The Morgan fingerprint density at radius 1 is 1.21 bits per heavy atom. The quantitative estimate of drug-likeness (QED) is 0.567. The van der Waals surface area contributed by atoms with E-state index in [0.29, 0.717) is 5.69 Å². The topological polar surface area (TPSA) is 79.4 Å². The van der Waals surface area contributed by atoms with Gasteiger partial charge >= 0.3 is 0 Å². The van der Waals surface area contributed by atoms with E-state index in [1.54, 1.807) is 18.2 Å². The number of rotatable bonds is 6. The van der Waals surface area contributed by atoms with Crippen LogP contribution in [0.5, 0.6) is 0 Å². The van der Waals surface area contributed by atoms with Gasteiger partial charge in [-0.05, 0) is 37.3 Å². The van der Waals surface area contributed by atoms with Crippen LogP contribution in [-0.4, -0.2) is 37.2 Å². The molecule has 152 valence electrons. The Labute approximate surface area is 183 Å². The molecule has 0 atom stereocenters. The number of hydrogen-bond acceptors (Lipinski definition) is 5. The Kier molecular flexibility index (Phi) is 6.60. The first-order valence-corrected chi connectivity index (χ1v) is 11.5. The Hall–Kier alpha value is -1.97. The zero-order valence-corrected chi connectivity index (χ0v) is 18.7. The van der Waals surface area contributed by atoms with Gasteiger partial charge in [0, 0.05) is 28.7 Å². The molecule has 0 saturated heterocycles. The molecule has 3 rings (SSSR count). The molecule has 2 aromatic carbocycles. The van der Waals surface area contributed by atoms with Crippen molar-refractivity contribution in [2.24, 2.45) is 0 Å².